The van der Waals surface area contributed by atoms with Gasteiger partial charge in [-0.15, -0.1) is 0 Å². The maximum atomic E-state index is 13.3. The minimum atomic E-state index is -0.615. The standard InChI is InChI=1S/C13H10FNO2/c14-11-2-1-7-15-13(11)12(17)8-9-3-5-10(16)6-4-9/h1-7,16H,8H2. The van der Waals surface area contributed by atoms with Crippen LogP contribution >= 0.6 is 0 Å². The molecule has 0 fully saturated rings. The summed E-state index contributed by atoms with van der Waals surface area (Å²) in [5, 5.41) is 9.09. The molecule has 0 bridgehead atoms. The molecule has 4 heteroatoms. The fourth-order valence-corrected chi connectivity index (χ4v) is 1.47. The molecule has 0 saturated heterocycles. The SMILES string of the molecule is O=C(Cc1ccc(O)cc1)c1ncccc1F. The topological polar surface area (TPSA) is 50.2 Å². The van der Waals surface area contributed by atoms with Crippen molar-refractivity contribution in [2.45, 2.75) is 6.42 Å². The monoisotopic (exact) mass is 231 g/mol. The van der Waals surface area contributed by atoms with Crippen LogP contribution in [-0.2, 0) is 6.42 Å². The number of benzene rings is 1. The third-order valence-corrected chi connectivity index (χ3v) is 2.32. The number of aromatic nitrogens is 1. The first kappa shape index (κ1) is 11.3. The number of Topliss-reactive ketones (excluding diaryl/α,β-unsaturated/α-hetero) is 1. The number of hydrogen-bond donors (Lipinski definition) is 1. The molecule has 0 aliphatic heterocycles. The molecule has 2 aromatic rings. The molecule has 0 aliphatic rings. The zero-order valence-corrected chi connectivity index (χ0v) is 8.93. The van der Waals surface area contributed by atoms with E-state index < -0.39 is 5.82 Å². The molecule has 1 N–H and O–H groups in total. The van der Waals surface area contributed by atoms with Gasteiger partial charge in [-0.1, -0.05) is 12.1 Å². The number of halogens is 1. The summed E-state index contributed by atoms with van der Waals surface area (Å²) >= 11 is 0. The Labute approximate surface area is 97.6 Å². The number of aromatic hydroxyl groups is 1. The van der Waals surface area contributed by atoms with Crippen LogP contribution in [0.1, 0.15) is 16.1 Å². The van der Waals surface area contributed by atoms with E-state index in [2.05, 4.69) is 4.98 Å². The van der Waals surface area contributed by atoms with Gasteiger partial charge in [-0.05, 0) is 29.8 Å². The van der Waals surface area contributed by atoms with Gasteiger partial charge in [-0.2, -0.15) is 0 Å². The molecule has 1 aromatic heterocycles. The number of phenols is 1. The third kappa shape index (κ3) is 2.66. The van der Waals surface area contributed by atoms with E-state index in [9.17, 15) is 9.18 Å². The van der Waals surface area contributed by atoms with E-state index in [4.69, 9.17) is 5.11 Å². The third-order valence-electron chi connectivity index (χ3n) is 2.32. The summed E-state index contributed by atoms with van der Waals surface area (Å²) in [6.45, 7) is 0. The van der Waals surface area contributed by atoms with Crippen LogP contribution in [0.3, 0.4) is 0 Å². The van der Waals surface area contributed by atoms with E-state index in [1.54, 1.807) is 12.1 Å². The van der Waals surface area contributed by atoms with Crippen molar-refractivity contribution in [3.8, 4) is 5.75 Å². The molecule has 1 aromatic carbocycles. The Morgan fingerprint density at radius 1 is 1.24 bits per heavy atom. The first-order valence-corrected chi connectivity index (χ1v) is 5.08. The summed E-state index contributed by atoms with van der Waals surface area (Å²) in [7, 11) is 0. The average molecular weight is 231 g/mol. The zero-order valence-electron chi connectivity index (χ0n) is 8.93. The quantitative estimate of drug-likeness (QED) is 0.825. The summed E-state index contributed by atoms with van der Waals surface area (Å²) in [6, 6.07) is 8.85. The predicted octanol–water partition coefficient (Wildman–Crippen LogP) is 2.35. The van der Waals surface area contributed by atoms with Crippen LogP contribution in [0.5, 0.6) is 5.75 Å². The van der Waals surface area contributed by atoms with Gasteiger partial charge in [-0.25, -0.2) is 4.39 Å². The molecule has 0 atom stereocenters. The van der Waals surface area contributed by atoms with Crippen LogP contribution in [-0.4, -0.2) is 15.9 Å². The van der Waals surface area contributed by atoms with Gasteiger partial charge < -0.3 is 5.11 Å². The Morgan fingerprint density at radius 3 is 2.59 bits per heavy atom. The normalized spacial score (nSPS) is 10.2. The van der Waals surface area contributed by atoms with Crippen molar-refractivity contribution in [1.82, 2.24) is 4.98 Å². The van der Waals surface area contributed by atoms with E-state index in [1.807, 2.05) is 0 Å². The molecule has 86 valence electrons. The van der Waals surface area contributed by atoms with Crippen molar-refractivity contribution in [2.75, 3.05) is 0 Å². The molecule has 0 spiro atoms. The Kier molecular flexibility index (Phi) is 3.14. The van der Waals surface area contributed by atoms with Gasteiger partial charge >= 0.3 is 0 Å². The highest BCUT2D eigenvalue weighted by atomic mass is 19.1. The zero-order chi connectivity index (χ0) is 12.3. The smallest absolute Gasteiger partial charge is 0.188 e. The second-order valence-electron chi connectivity index (χ2n) is 3.60. The molecule has 0 radical (unpaired) electrons. The molecule has 3 nitrogen and oxygen atoms in total. The lowest BCUT2D eigenvalue weighted by Crippen LogP contribution is -2.08. The van der Waals surface area contributed by atoms with Gasteiger partial charge in [0.05, 0.1) is 0 Å². The Bertz CT molecular complexity index is 537. The van der Waals surface area contributed by atoms with Crippen molar-refractivity contribution in [1.29, 1.82) is 0 Å². The lowest BCUT2D eigenvalue weighted by Gasteiger charge is -2.02. The molecule has 1 heterocycles. The lowest BCUT2D eigenvalue weighted by molar-refractivity contribution is 0.0984. The molecular weight excluding hydrogens is 221 g/mol. The molecule has 0 saturated carbocycles. The van der Waals surface area contributed by atoms with Crippen molar-refractivity contribution >= 4 is 5.78 Å². The van der Waals surface area contributed by atoms with Gasteiger partial charge in [0.25, 0.3) is 0 Å². The van der Waals surface area contributed by atoms with Gasteiger partial charge in [0.15, 0.2) is 11.6 Å². The van der Waals surface area contributed by atoms with Crippen molar-refractivity contribution in [3.63, 3.8) is 0 Å². The van der Waals surface area contributed by atoms with E-state index in [1.165, 1.54) is 30.5 Å². The average Bonchev–Trinajstić information content (AvgIpc) is 2.32. The van der Waals surface area contributed by atoms with Crippen molar-refractivity contribution in [2.24, 2.45) is 0 Å². The number of carbonyl (C=O) groups excluding carboxylic acids is 1. The van der Waals surface area contributed by atoms with Crippen molar-refractivity contribution in [3.05, 3.63) is 59.7 Å². The van der Waals surface area contributed by atoms with Crippen molar-refractivity contribution < 1.29 is 14.3 Å². The van der Waals surface area contributed by atoms with Gasteiger partial charge in [0.2, 0.25) is 0 Å². The van der Waals surface area contributed by atoms with Gasteiger partial charge in [0, 0.05) is 12.6 Å². The maximum absolute atomic E-state index is 13.3. The van der Waals surface area contributed by atoms with Crippen LogP contribution in [0.25, 0.3) is 0 Å². The van der Waals surface area contributed by atoms with Crippen LogP contribution in [0.15, 0.2) is 42.6 Å². The predicted molar refractivity (Wildman–Crippen MR) is 60.3 cm³/mol. The summed E-state index contributed by atoms with van der Waals surface area (Å²) in [5.74, 6) is -0.865. The highest BCUT2D eigenvalue weighted by Gasteiger charge is 2.13. The lowest BCUT2D eigenvalue weighted by atomic mass is 10.1. The molecule has 2 rings (SSSR count). The van der Waals surface area contributed by atoms with Crippen LogP contribution in [0, 0.1) is 5.82 Å². The molecule has 0 unspecified atom stereocenters. The summed E-state index contributed by atoms with van der Waals surface area (Å²) < 4.78 is 13.3. The maximum Gasteiger partial charge on any atom is 0.188 e. The van der Waals surface area contributed by atoms with Gasteiger partial charge in [-0.3, -0.25) is 9.78 Å². The Balaban J connectivity index is 2.17. The van der Waals surface area contributed by atoms with E-state index in [-0.39, 0.29) is 23.6 Å². The van der Waals surface area contributed by atoms with Gasteiger partial charge in [0.1, 0.15) is 11.4 Å². The molecule has 17 heavy (non-hydrogen) atoms. The number of nitrogens with zero attached hydrogens (tertiary/aromatic N) is 1. The Hall–Kier alpha value is -2.23. The number of pyridine rings is 1. The fourth-order valence-electron chi connectivity index (χ4n) is 1.47. The first-order valence-electron chi connectivity index (χ1n) is 5.08. The van der Waals surface area contributed by atoms with E-state index in [0.29, 0.717) is 5.56 Å². The van der Waals surface area contributed by atoms with Crippen LogP contribution in [0.2, 0.25) is 0 Å². The highest BCUT2D eigenvalue weighted by Crippen LogP contribution is 2.12. The number of phenolic OH excluding ortho intramolecular Hbond substituents is 1. The second kappa shape index (κ2) is 4.74. The molecule has 0 amide bonds. The number of rotatable bonds is 3. The van der Waals surface area contributed by atoms with Crippen LogP contribution in [0.4, 0.5) is 4.39 Å². The number of carbonyl (C=O) groups is 1. The minimum Gasteiger partial charge on any atom is -0.508 e. The summed E-state index contributed by atoms with van der Waals surface area (Å²) in [5.41, 5.74) is 0.554. The fraction of sp³-hybridized carbons (Fsp3) is 0.0769. The summed E-state index contributed by atoms with van der Waals surface area (Å²) in [4.78, 5) is 15.5. The second-order valence-corrected chi connectivity index (χ2v) is 3.60. The highest BCUT2D eigenvalue weighted by molar-refractivity contribution is 5.95. The minimum absolute atomic E-state index is 0.0637. The van der Waals surface area contributed by atoms with Crippen LogP contribution < -0.4 is 0 Å². The largest absolute Gasteiger partial charge is 0.508 e. The molecule has 0 aliphatic carbocycles. The molecular formula is C13H10FNO2. The number of ketones is 1. The first-order chi connectivity index (χ1) is 8.16. The summed E-state index contributed by atoms with van der Waals surface area (Å²) in [6.07, 6.45) is 1.45. The van der Waals surface area contributed by atoms with E-state index >= 15 is 0 Å². The number of hydrogen-bond acceptors (Lipinski definition) is 3. The Morgan fingerprint density at radius 2 is 1.94 bits per heavy atom. The van der Waals surface area contributed by atoms with E-state index in [0.717, 1.165) is 0 Å².